The van der Waals surface area contributed by atoms with Crippen molar-refractivity contribution in [2.24, 2.45) is 5.92 Å². The van der Waals surface area contributed by atoms with E-state index in [2.05, 4.69) is 32.8 Å². The van der Waals surface area contributed by atoms with Crippen molar-refractivity contribution < 1.29 is 32.2 Å². The molecule has 13 nitrogen and oxygen atoms in total. The minimum atomic E-state index is -3.66. The predicted molar refractivity (Wildman–Crippen MR) is 193 cm³/mol. The van der Waals surface area contributed by atoms with Crippen LogP contribution in [-0.2, 0) is 21.4 Å². The molecule has 272 valence electrons. The Morgan fingerprint density at radius 3 is 2.44 bits per heavy atom. The Bertz CT molecular complexity index is 1770. The molecule has 2 bridgehead atoms. The first-order valence-corrected chi connectivity index (χ1v) is 18.9. The van der Waals surface area contributed by atoms with Crippen molar-refractivity contribution in [3.05, 3.63) is 47.5 Å². The van der Waals surface area contributed by atoms with Crippen LogP contribution in [0.2, 0.25) is 0 Å². The summed E-state index contributed by atoms with van der Waals surface area (Å²) < 4.78 is 44.9. The molecule has 3 aromatic rings. The molecule has 1 atom stereocenters. The van der Waals surface area contributed by atoms with Gasteiger partial charge in [0.1, 0.15) is 5.82 Å². The second kappa shape index (κ2) is 16.7. The number of carbonyl (C=O) groups is 2. The zero-order valence-corrected chi connectivity index (χ0v) is 30.6. The van der Waals surface area contributed by atoms with Crippen LogP contribution >= 0.6 is 0 Å². The van der Waals surface area contributed by atoms with Crippen LogP contribution in [0.3, 0.4) is 0 Å². The normalized spacial score (nSPS) is 18.1. The van der Waals surface area contributed by atoms with Crippen molar-refractivity contribution in [2.45, 2.75) is 51.0 Å². The molecule has 2 N–H and O–H groups in total. The van der Waals surface area contributed by atoms with Crippen molar-refractivity contribution in [2.75, 3.05) is 78.6 Å². The van der Waals surface area contributed by atoms with Crippen molar-refractivity contribution in [3.8, 4) is 17.2 Å². The van der Waals surface area contributed by atoms with Gasteiger partial charge < -0.3 is 29.3 Å². The molecule has 0 radical (unpaired) electrons. The van der Waals surface area contributed by atoms with E-state index in [0.717, 1.165) is 48.2 Å². The summed E-state index contributed by atoms with van der Waals surface area (Å²) in [5, 5.41) is 3.92. The number of aromatic nitrogens is 1. The number of anilines is 1. The molecule has 2 aliphatic heterocycles. The van der Waals surface area contributed by atoms with E-state index in [0.29, 0.717) is 68.5 Å². The number of amides is 2. The summed E-state index contributed by atoms with van der Waals surface area (Å²) in [4.78, 5) is 38.5. The first kappa shape index (κ1) is 37.1. The standard InChI is InChI=1S/C36H50N6O7S/c1-6-15-38-50(45,46)28-12-10-26(11-13-28)36(44)41-17-14-32(43)37-22-25-9-8-16-42(23-25)35-27(24-40(7-2)18-19-41)20-29-30(39-35)21-31(47-3)34(49-5)33(29)48-4/h10-13,20-21,25,38H,6-9,14-19,22-24H2,1-5H3,(H,37,43). The molecule has 0 saturated carbocycles. The number of likely N-dealkylation sites (N-methyl/N-ethyl adjacent to an activating group) is 1. The number of pyridine rings is 1. The molecule has 2 aromatic carbocycles. The lowest BCUT2D eigenvalue weighted by Crippen LogP contribution is -2.42. The zero-order chi connectivity index (χ0) is 35.8. The monoisotopic (exact) mass is 710 g/mol. The summed E-state index contributed by atoms with van der Waals surface area (Å²) in [6.07, 6.45) is 2.80. The molecule has 1 unspecified atom stereocenters. The molecule has 2 amide bonds. The number of rotatable bonds is 9. The number of nitrogens with zero attached hydrogens (tertiary/aromatic N) is 4. The van der Waals surface area contributed by atoms with Crippen molar-refractivity contribution in [1.29, 1.82) is 0 Å². The Morgan fingerprint density at radius 2 is 1.76 bits per heavy atom. The number of carbonyl (C=O) groups excluding carboxylic acids is 2. The van der Waals surface area contributed by atoms with Gasteiger partial charge in [-0.25, -0.2) is 18.1 Å². The third-order valence-electron chi connectivity index (χ3n) is 9.46. The van der Waals surface area contributed by atoms with Crippen LogP contribution in [0.15, 0.2) is 41.3 Å². The lowest BCUT2D eigenvalue weighted by molar-refractivity contribution is -0.121. The molecular formula is C36H50N6O7S. The first-order chi connectivity index (χ1) is 24.1. The number of nitrogens with one attached hydrogen (secondary N) is 2. The number of hydrogen-bond donors (Lipinski definition) is 2. The van der Waals surface area contributed by atoms with E-state index >= 15 is 0 Å². The van der Waals surface area contributed by atoms with Gasteiger partial charge >= 0.3 is 0 Å². The Labute approximate surface area is 295 Å². The molecule has 1 fully saturated rings. The highest BCUT2D eigenvalue weighted by atomic mass is 32.2. The maximum absolute atomic E-state index is 13.9. The maximum atomic E-state index is 13.9. The fraction of sp³-hybridized carbons (Fsp3) is 0.528. The van der Waals surface area contributed by atoms with Crippen LogP contribution in [0.5, 0.6) is 17.2 Å². The van der Waals surface area contributed by atoms with Gasteiger partial charge in [-0.3, -0.25) is 14.5 Å². The summed E-state index contributed by atoms with van der Waals surface area (Å²) in [6.45, 7) is 8.88. The molecule has 1 aromatic heterocycles. The molecule has 5 rings (SSSR count). The van der Waals surface area contributed by atoms with Gasteiger partial charge in [0.25, 0.3) is 5.91 Å². The fourth-order valence-corrected chi connectivity index (χ4v) is 7.80. The fourth-order valence-electron chi connectivity index (χ4n) is 6.67. The van der Waals surface area contributed by atoms with E-state index in [1.807, 2.05) is 13.0 Å². The van der Waals surface area contributed by atoms with Gasteiger partial charge in [-0.05, 0) is 62.1 Å². The average molecular weight is 711 g/mol. The van der Waals surface area contributed by atoms with Gasteiger partial charge in [0, 0.05) is 81.4 Å². The van der Waals surface area contributed by atoms with Gasteiger partial charge in [-0.1, -0.05) is 13.8 Å². The van der Waals surface area contributed by atoms with E-state index < -0.39 is 10.0 Å². The summed E-state index contributed by atoms with van der Waals surface area (Å²) in [5.74, 6) is 2.33. The van der Waals surface area contributed by atoms with Crippen LogP contribution in [0.25, 0.3) is 10.9 Å². The van der Waals surface area contributed by atoms with Crippen LogP contribution in [0.1, 0.15) is 55.5 Å². The second-order valence-electron chi connectivity index (χ2n) is 12.8. The summed E-state index contributed by atoms with van der Waals surface area (Å²) >= 11 is 0. The van der Waals surface area contributed by atoms with Crippen molar-refractivity contribution in [3.63, 3.8) is 0 Å². The first-order valence-electron chi connectivity index (χ1n) is 17.4. The SMILES string of the molecule is CCCNS(=O)(=O)c1ccc(C(=O)N2CCC(=O)NCC3CCCN(C3)c3nc4cc(OC)c(OC)c(OC)c4cc3CN(CC)CC2)cc1. The third-order valence-corrected chi connectivity index (χ3v) is 10.9. The summed E-state index contributed by atoms with van der Waals surface area (Å²) in [6, 6.07) is 9.97. The molecule has 14 heteroatoms. The number of hydrogen-bond acceptors (Lipinski definition) is 10. The highest BCUT2D eigenvalue weighted by Gasteiger charge is 2.28. The number of methoxy groups -OCH3 is 3. The summed E-state index contributed by atoms with van der Waals surface area (Å²) in [5.41, 5.74) is 2.11. The smallest absolute Gasteiger partial charge is 0.253 e. The summed E-state index contributed by atoms with van der Waals surface area (Å²) in [7, 11) is 1.12. The molecule has 1 saturated heterocycles. The van der Waals surface area contributed by atoms with Crippen LogP contribution in [0, 0.1) is 5.92 Å². The number of sulfonamides is 1. The Balaban J connectivity index is 1.49. The number of ether oxygens (including phenoxy) is 3. The Morgan fingerprint density at radius 1 is 1.00 bits per heavy atom. The van der Waals surface area contributed by atoms with E-state index in [4.69, 9.17) is 19.2 Å². The zero-order valence-electron chi connectivity index (χ0n) is 29.8. The minimum Gasteiger partial charge on any atom is -0.493 e. The van der Waals surface area contributed by atoms with Crippen LogP contribution in [-0.4, -0.2) is 109 Å². The number of benzene rings is 2. The van der Waals surface area contributed by atoms with Crippen molar-refractivity contribution >= 4 is 38.6 Å². The highest BCUT2D eigenvalue weighted by molar-refractivity contribution is 7.89. The minimum absolute atomic E-state index is 0.101. The van der Waals surface area contributed by atoms with Gasteiger partial charge in [-0.2, -0.15) is 0 Å². The third kappa shape index (κ3) is 8.41. The maximum Gasteiger partial charge on any atom is 0.253 e. The predicted octanol–water partition coefficient (Wildman–Crippen LogP) is 3.65. The van der Waals surface area contributed by atoms with E-state index in [1.54, 1.807) is 26.2 Å². The molecular weight excluding hydrogens is 660 g/mol. The molecule has 2 aliphatic rings. The average Bonchev–Trinajstić information content (AvgIpc) is 3.14. The Kier molecular flexibility index (Phi) is 12.4. The molecule has 50 heavy (non-hydrogen) atoms. The number of fused-ring (bicyclic) bond motifs is 5. The van der Waals surface area contributed by atoms with E-state index in [-0.39, 0.29) is 35.6 Å². The van der Waals surface area contributed by atoms with Gasteiger partial charge in [0.2, 0.25) is 21.7 Å². The van der Waals surface area contributed by atoms with E-state index in [9.17, 15) is 18.0 Å². The molecule has 0 spiro atoms. The van der Waals surface area contributed by atoms with E-state index in [1.165, 1.54) is 24.3 Å². The molecule has 0 aliphatic carbocycles. The van der Waals surface area contributed by atoms with Crippen LogP contribution in [0.4, 0.5) is 5.82 Å². The van der Waals surface area contributed by atoms with Gasteiger partial charge in [0.05, 0.1) is 31.7 Å². The lowest BCUT2D eigenvalue weighted by atomic mass is 9.97. The topological polar surface area (TPSA) is 143 Å². The van der Waals surface area contributed by atoms with Crippen LogP contribution < -0.4 is 29.1 Å². The second-order valence-corrected chi connectivity index (χ2v) is 14.5. The van der Waals surface area contributed by atoms with Crippen molar-refractivity contribution in [1.82, 2.24) is 24.8 Å². The quantitative estimate of drug-likeness (QED) is 0.338. The van der Waals surface area contributed by atoms with Gasteiger partial charge in [0.15, 0.2) is 11.5 Å². The molecule has 3 heterocycles. The largest absolute Gasteiger partial charge is 0.493 e. The Hall–Kier alpha value is -4.14. The highest BCUT2D eigenvalue weighted by Crippen LogP contribution is 2.44. The van der Waals surface area contributed by atoms with Gasteiger partial charge in [-0.15, -0.1) is 0 Å². The number of piperidine rings is 1. The lowest BCUT2D eigenvalue weighted by Gasteiger charge is -2.35.